The summed E-state index contributed by atoms with van der Waals surface area (Å²) in [6, 6.07) is 10.0. The van der Waals surface area contributed by atoms with Gasteiger partial charge in [-0.05, 0) is 52.3 Å². The molecule has 5 heteroatoms. The van der Waals surface area contributed by atoms with Crippen LogP contribution in [-0.4, -0.2) is 9.97 Å². The molecule has 0 fully saturated rings. The molecular formula is C13H9BrFN3. The third-order valence-electron chi connectivity index (χ3n) is 2.72. The topological polar surface area (TPSA) is 54.7 Å². The molecule has 0 aliphatic heterocycles. The highest BCUT2D eigenvalue weighted by molar-refractivity contribution is 9.10. The Morgan fingerprint density at radius 2 is 2.00 bits per heavy atom. The van der Waals surface area contributed by atoms with Crippen LogP contribution in [0.5, 0.6) is 0 Å². The number of anilines is 1. The zero-order valence-electron chi connectivity index (χ0n) is 9.24. The van der Waals surface area contributed by atoms with Crippen molar-refractivity contribution >= 4 is 32.7 Å². The SMILES string of the molecule is Nc1ccc(-c2nc3ccc(F)cc3[nH]2)cc1Br. The minimum atomic E-state index is -0.281. The number of H-pyrrole nitrogens is 1. The molecule has 0 aliphatic carbocycles. The molecule has 0 atom stereocenters. The average Bonchev–Trinajstić information content (AvgIpc) is 2.75. The van der Waals surface area contributed by atoms with E-state index in [0.29, 0.717) is 17.0 Å². The van der Waals surface area contributed by atoms with Gasteiger partial charge in [-0.2, -0.15) is 0 Å². The molecule has 1 aromatic heterocycles. The van der Waals surface area contributed by atoms with Crippen molar-refractivity contribution in [2.45, 2.75) is 0 Å². The number of nitrogens with zero attached hydrogens (tertiary/aromatic N) is 1. The standard InChI is InChI=1S/C13H9BrFN3/c14-9-5-7(1-3-10(9)16)13-17-11-4-2-8(15)6-12(11)18-13/h1-6H,16H2,(H,17,18). The normalized spacial score (nSPS) is 11.0. The quantitative estimate of drug-likeness (QED) is 0.673. The average molecular weight is 306 g/mol. The van der Waals surface area contributed by atoms with Crippen molar-refractivity contribution in [2.24, 2.45) is 0 Å². The van der Waals surface area contributed by atoms with Gasteiger partial charge in [0.1, 0.15) is 11.6 Å². The monoisotopic (exact) mass is 305 g/mol. The highest BCUT2D eigenvalue weighted by Gasteiger charge is 2.07. The van der Waals surface area contributed by atoms with Crippen LogP contribution in [0.2, 0.25) is 0 Å². The Morgan fingerprint density at radius 1 is 1.17 bits per heavy atom. The molecule has 3 nitrogen and oxygen atoms in total. The first-order valence-corrected chi connectivity index (χ1v) is 6.13. The molecule has 2 aromatic carbocycles. The summed E-state index contributed by atoms with van der Waals surface area (Å²) in [7, 11) is 0. The minimum absolute atomic E-state index is 0.281. The third-order valence-corrected chi connectivity index (χ3v) is 3.40. The molecule has 3 aromatic rings. The predicted molar refractivity (Wildman–Crippen MR) is 73.6 cm³/mol. The molecule has 18 heavy (non-hydrogen) atoms. The van der Waals surface area contributed by atoms with Crippen LogP contribution in [0.15, 0.2) is 40.9 Å². The number of hydrogen-bond acceptors (Lipinski definition) is 2. The number of nitrogens with one attached hydrogen (secondary N) is 1. The van der Waals surface area contributed by atoms with Gasteiger partial charge in [-0.3, -0.25) is 0 Å². The Labute approximate surface area is 111 Å². The smallest absolute Gasteiger partial charge is 0.138 e. The van der Waals surface area contributed by atoms with E-state index in [9.17, 15) is 4.39 Å². The number of benzene rings is 2. The van der Waals surface area contributed by atoms with Gasteiger partial charge in [0.15, 0.2) is 0 Å². The van der Waals surface area contributed by atoms with Crippen molar-refractivity contribution in [1.29, 1.82) is 0 Å². The maximum Gasteiger partial charge on any atom is 0.138 e. The van der Waals surface area contributed by atoms with Gasteiger partial charge in [0.2, 0.25) is 0 Å². The zero-order chi connectivity index (χ0) is 12.7. The highest BCUT2D eigenvalue weighted by Crippen LogP contribution is 2.27. The maximum absolute atomic E-state index is 13.1. The number of nitrogens with two attached hydrogens (primary N) is 1. The summed E-state index contributed by atoms with van der Waals surface area (Å²) in [4.78, 5) is 7.50. The number of rotatable bonds is 1. The van der Waals surface area contributed by atoms with E-state index >= 15 is 0 Å². The van der Waals surface area contributed by atoms with E-state index in [4.69, 9.17) is 5.73 Å². The molecule has 90 valence electrons. The zero-order valence-corrected chi connectivity index (χ0v) is 10.8. The summed E-state index contributed by atoms with van der Waals surface area (Å²) in [6.45, 7) is 0. The molecule has 1 heterocycles. The van der Waals surface area contributed by atoms with Crippen molar-refractivity contribution in [3.63, 3.8) is 0 Å². The van der Waals surface area contributed by atoms with Crippen LogP contribution in [0.3, 0.4) is 0 Å². The Bertz CT molecular complexity index is 736. The number of aromatic nitrogens is 2. The lowest BCUT2D eigenvalue weighted by molar-refractivity contribution is 0.629. The third kappa shape index (κ3) is 1.86. The van der Waals surface area contributed by atoms with E-state index in [1.165, 1.54) is 12.1 Å². The summed E-state index contributed by atoms with van der Waals surface area (Å²) >= 11 is 3.37. The maximum atomic E-state index is 13.1. The van der Waals surface area contributed by atoms with Crippen LogP contribution in [0, 0.1) is 5.82 Å². The first kappa shape index (κ1) is 11.2. The van der Waals surface area contributed by atoms with Gasteiger partial charge >= 0.3 is 0 Å². The van der Waals surface area contributed by atoms with Crippen LogP contribution in [0.25, 0.3) is 22.4 Å². The lowest BCUT2D eigenvalue weighted by Crippen LogP contribution is -1.87. The number of halogens is 2. The fraction of sp³-hybridized carbons (Fsp3) is 0. The van der Waals surface area contributed by atoms with Crippen molar-refractivity contribution in [3.05, 3.63) is 46.7 Å². The Kier molecular flexibility index (Phi) is 2.56. The van der Waals surface area contributed by atoms with Crippen LogP contribution >= 0.6 is 15.9 Å². The lowest BCUT2D eigenvalue weighted by atomic mass is 10.2. The van der Waals surface area contributed by atoms with Gasteiger partial charge in [-0.15, -0.1) is 0 Å². The van der Waals surface area contributed by atoms with Gasteiger partial charge in [-0.1, -0.05) is 0 Å². The van der Waals surface area contributed by atoms with Gasteiger partial charge in [0.05, 0.1) is 11.0 Å². The van der Waals surface area contributed by atoms with Gasteiger partial charge in [-0.25, -0.2) is 9.37 Å². The van der Waals surface area contributed by atoms with Gasteiger partial charge in [0.25, 0.3) is 0 Å². The fourth-order valence-corrected chi connectivity index (χ4v) is 2.17. The second-order valence-electron chi connectivity index (χ2n) is 3.98. The van der Waals surface area contributed by atoms with Crippen LogP contribution in [-0.2, 0) is 0 Å². The number of fused-ring (bicyclic) bond motifs is 1. The lowest BCUT2D eigenvalue weighted by Gasteiger charge is -2.00. The molecule has 0 unspecified atom stereocenters. The Balaban J connectivity index is 2.16. The number of imidazole rings is 1. The Hall–Kier alpha value is -1.88. The second-order valence-corrected chi connectivity index (χ2v) is 4.84. The van der Waals surface area contributed by atoms with E-state index in [1.807, 2.05) is 12.1 Å². The molecule has 0 bridgehead atoms. The van der Waals surface area contributed by atoms with Crippen LogP contribution in [0.4, 0.5) is 10.1 Å². The molecule has 0 amide bonds. The van der Waals surface area contributed by atoms with E-state index < -0.39 is 0 Å². The summed E-state index contributed by atoms with van der Waals surface area (Å²) in [5.74, 6) is 0.410. The van der Waals surface area contributed by atoms with Crippen molar-refractivity contribution < 1.29 is 4.39 Å². The van der Waals surface area contributed by atoms with Crippen LogP contribution in [0.1, 0.15) is 0 Å². The molecule has 0 saturated heterocycles. The molecule has 3 N–H and O–H groups in total. The second kappa shape index (κ2) is 4.10. The van der Waals surface area contributed by atoms with Crippen molar-refractivity contribution in [1.82, 2.24) is 9.97 Å². The molecule has 0 saturated carbocycles. The number of nitrogen functional groups attached to an aromatic ring is 1. The summed E-state index contributed by atoms with van der Waals surface area (Å²) in [5.41, 5.74) is 8.71. The molecule has 0 radical (unpaired) electrons. The molecular weight excluding hydrogens is 297 g/mol. The predicted octanol–water partition coefficient (Wildman–Crippen LogP) is 3.71. The molecule has 0 aliphatic rings. The molecule has 0 spiro atoms. The number of hydrogen-bond donors (Lipinski definition) is 2. The fourth-order valence-electron chi connectivity index (χ4n) is 1.79. The van der Waals surface area contributed by atoms with E-state index in [0.717, 1.165) is 15.6 Å². The minimum Gasteiger partial charge on any atom is -0.398 e. The molecule has 3 rings (SSSR count). The largest absolute Gasteiger partial charge is 0.398 e. The van der Waals surface area contributed by atoms with E-state index in [1.54, 1.807) is 12.1 Å². The van der Waals surface area contributed by atoms with Crippen LogP contribution < -0.4 is 5.73 Å². The van der Waals surface area contributed by atoms with Crippen molar-refractivity contribution in [2.75, 3.05) is 5.73 Å². The van der Waals surface area contributed by atoms with Gasteiger partial charge in [0, 0.05) is 15.7 Å². The summed E-state index contributed by atoms with van der Waals surface area (Å²) in [5, 5.41) is 0. The summed E-state index contributed by atoms with van der Waals surface area (Å²) in [6.07, 6.45) is 0. The Morgan fingerprint density at radius 3 is 2.78 bits per heavy atom. The first-order valence-electron chi connectivity index (χ1n) is 5.34. The van der Waals surface area contributed by atoms with Gasteiger partial charge < -0.3 is 10.7 Å². The summed E-state index contributed by atoms with van der Waals surface area (Å²) < 4.78 is 13.9. The van der Waals surface area contributed by atoms with E-state index in [-0.39, 0.29) is 5.82 Å². The van der Waals surface area contributed by atoms with Crippen molar-refractivity contribution in [3.8, 4) is 11.4 Å². The number of aromatic amines is 1. The first-order chi connectivity index (χ1) is 8.63. The highest BCUT2D eigenvalue weighted by atomic mass is 79.9. The van der Waals surface area contributed by atoms with E-state index in [2.05, 4.69) is 25.9 Å².